The van der Waals surface area contributed by atoms with Gasteiger partial charge in [0.1, 0.15) is 12.6 Å². The number of rotatable bonds is 5. The van der Waals surface area contributed by atoms with Crippen molar-refractivity contribution in [3.8, 4) is 11.5 Å². The zero-order valence-corrected chi connectivity index (χ0v) is 16.8. The van der Waals surface area contributed by atoms with E-state index < -0.39 is 11.9 Å². The summed E-state index contributed by atoms with van der Waals surface area (Å²) in [4.78, 5) is 38.1. The minimum atomic E-state index is -0.656. The molecule has 0 bridgehead atoms. The molecule has 2 aromatic rings. The zero-order valence-electron chi connectivity index (χ0n) is 16.8. The fourth-order valence-electron chi connectivity index (χ4n) is 4.20. The Labute approximate surface area is 179 Å². The van der Waals surface area contributed by atoms with E-state index in [1.165, 1.54) is 4.90 Å². The Morgan fingerprint density at radius 2 is 1.94 bits per heavy atom. The molecule has 31 heavy (non-hydrogen) atoms. The molecule has 2 aromatic carbocycles. The van der Waals surface area contributed by atoms with Gasteiger partial charge in [-0.3, -0.25) is 19.7 Å². The first kappa shape index (κ1) is 19.6. The second-order valence-electron chi connectivity index (χ2n) is 7.87. The molecule has 3 aliphatic rings. The molecule has 3 heterocycles. The lowest BCUT2D eigenvalue weighted by atomic mass is 10.0. The van der Waals surface area contributed by atoms with Crippen LogP contribution >= 0.6 is 0 Å². The van der Waals surface area contributed by atoms with Gasteiger partial charge < -0.3 is 19.1 Å². The number of amides is 3. The molecule has 3 aliphatic heterocycles. The van der Waals surface area contributed by atoms with Crippen LogP contribution in [0.2, 0.25) is 0 Å². The first-order chi connectivity index (χ1) is 15.1. The van der Waals surface area contributed by atoms with E-state index in [0.717, 1.165) is 11.1 Å². The van der Waals surface area contributed by atoms with Crippen LogP contribution in [0, 0.1) is 0 Å². The highest BCUT2D eigenvalue weighted by atomic mass is 16.6. The number of ether oxygens (including phenoxy) is 3. The molecule has 5 rings (SSSR count). The van der Waals surface area contributed by atoms with Gasteiger partial charge in [0, 0.05) is 17.5 Å². The molecule has 8 nitrogen and oxygen atoms in total. The molecule has 0 spiro atoms. The second kappa shape index (κ2) is 8.03. The number of carbonyl (C=O) groups excluding carboxylic acids is 3. The highest BCUT2D eigenvalue weighted by Gasteiger charge is 2.41. The van der Waals surface area contributed by atoms with Crippen molar-refractivity contribution in [2.75, 3.05) is 13.2 Å². The number of nitrogens with zero attached hydrogens (tertiary/aromatic N) is 1. The number of imide groups is 1. The van der Waals surface area contributed by atoms with Crippen LogP contribution in [-0.2, 0) is 27.5 Å². The molecule has 0 saturated carbocycles. The van der Waals surface area contributed by atoms with E-state index in [-0.39, 0.29) is 30.9 Å². The molecular formula is C23H22N2O6. The minimum absolute atomic E-state index is 0.221. The van der Waals surface area contributed by atoms with Crippen molar-refractivity contribution in [1.29, 1.82) is 0 Å². The minimum Gasteiger partial charge on any atom is -0.485 e. The number of nitrogens with one attached hydrogen (secondary N) is 1. The summed E-state index contributed by atoms with van der Waals surface area (Å²) in [7, 11) is 0. The Kier molecular flexibility index (Phi) is 5.07. The third-order valence-electron chi connectivity index (χ3n) is 5.75. The molecule has 0 aromatic heterocycles. The molecule has 8 heteroatoms. The molecule has 0 radical (unpaired) electrons. The van der Waals surface area contributed by atoms with Gasteiger partial charge in [0.2, 0.25) is 11.8 Å². The number of hydrogen-bond donors (Lipinski definition) is 1. The average molecular weight is 422 g/mol. The van der Waals surface area contributed by atoms with Gasteiger partial charge >= 0.3 is 0 Å². The SMILES string of the molecule is O=C1CCC(N2Cc3c(ccc4c3OCC(COCc3ccccc3)O4)C2=O)C(=O)N1. The highest BCUT2D eigenvalue weighted by Crippen LogP contribution is 2.42. The molecule has 160 valence electrons. The molecule has 3 amide bonds. The molecule has 0 aliphatic carbocycles. The van der Waals surface area contributed by atoms with Crippen LogP contribution in [0.1, 0.15) is 34.3 Å². The van der Waals surface area contributed by atoms with Crippen LogP contribution in [0.25, 0.3) is 0 Å². The molecule has 2 unspecified atom stereocenters. The van der Waals surface area contributed by atoms with E-state index >= 15 is 0 Å². The maximum atomic E-state index is 12.9. The Hall–Kier alpha value is -3.39. The van der Waals surface area contributed by atoms with Gasteiger partial charge in [-0.25, -0.2) is 0 Å². The van der Waals surface area contributed by atoms with Crippen LogP contribution in [-0.4, -0.2) is 48.0 Å². The number of benzene rings is 2. The van der Waals surface area contributed by atoms with E-state index in [1.807, 2.05) is 30.3 Å². The smallest absolute Gasteiger partial charge is 0.255 e. The van der Waals surface area contributed by atoms with Gasteiger partial charge in [-0.2, -0.15) is 0 Å². The van der Waals surface area contributed by atoms with Gasteiger partial charge in [0.05, 0.1) is 19.8 Å². The summed E-state index contributed by atoms with van der Waals surface area (Å²) < 4.78 is 17.8. The maximum absolute atomic E-state index is 12.9. The Bertz CT molecular complexity index is 1040. The summed E-state index contributed by atoms with van der Waals surface area (Å²) in [6.07, 6.45) is 0.293. The zero-order chi connectivity index (χ0) is 21.4. The normalized spacial score (nSPS) is 22.3. The van der Waals surface area contributed by atoms with Crippen molar-refractivity contribution in [3.05, 3.63) is 59.2 Å². The van der Waals surface area contributed by atoms with Gasteiger partial charge in [0.25, 0.3) is 5.91 Å². The van der Waals surface area contributed by atoms with Crippen LogP contribution < -0.4 is 14.8 Å². The number of piperidine rings is 1. The maximum Gasteiger partial charge on any atom is 0.255 e. The summed E-state index contributed by atoms with van der Waals surface area (Å²) in [5.74, 6) is 0.138. The third-order valence-corrected chi connectivity index (χ3v) is 5.75. The molecule has 2 atom stereocenters. The molecule has 1 N–H and O–H groups in total. The topological polar surface area (TPSA) is 94.2 Å². The van der Waals surface area contributed by atoms with Crippen LogP contribution in [0.15, 0.2) is 42.5 Å². The Morgan fingerprint density at radius 3 is 2.74 bits per heavy atom. The number of fused-ring (bicyclic) bond motifs is 3. The summed E-state index contributed by atoms with van der Waals surface area (Å²) in [6, 6.07) is 12.7. The van der Waals surface area contributed by atoms with Crippen molar-refractivity contribution in [2.24, 2.45) is 0 Å². The van der Waals surface area contributed by atoms with Gasteiger partial charge in [-0.1, -0.05) is 30.3 Å². The fraction of sp³-hybridized carbons (Fsp3) is 0.348. The first-order valence-corrected chi connectivity index (χ1v) is 10.3. The van der Waals surface area contributed by atoms with Crippen molar-refractivity contribution in [1.82, 2.24) is 10.2 Å². The van der Waals surface area contributed by atoms with Gasteiger partial charge in [-0.05, 0) is 24.1 Å². The lowest BCUT2D eigenvalue weighted by Gasteiger charge is -2.29. The fourth-order valence-corrected chi connectivity index (χ4v) is 4.20. The average Bonchev–Trinajstić information content (AvgIpc) is 3.11. The molecule has 1 saturated heterocycles. The standard InChI is InChI=1S/C23H22N2O6/c26-20-9-7-18(22(27)24-20)25-10-17-16(23(25)28)6-8-19-21(17)30-13-15(31-19)12-29-11-14-4-2-1-3-5-14/h1-6,8,15,18H,7,9-13H2,(H,24,26,27). The van der Waals surface area contributed by atoms with E-state index in [1.54, 1.807) is 12.1 Å². The second-order valence-corrected chi connectivity index (χ2v) is 7.87. The van der Waals surface area contributed by atoms with Crippen LogP contribution in [0.4, 0.5) is 0 Å². The van der Waals surface area contributed by atoms with E-state index in [0.29, 0.717) is 43.3 Å². The quantitative estimate of drug-likeness (QED) is 0.739. The Morgan fingerprint density at radius 1 is 1.10 bits per heavy atom. The summed E-state index contributed by atoms with van der Waals surface area (Å²) >= 11 is 0. The highest BCUT2D eigenvalue weighted by molar-refractivity contribution is 6.05. The number of hydrogen-bond acceptors (Lipinski definition) is 6. The van der Waals surface area contributed by atoms with Crippen LogP contribution in [0.3, 0.4) is 0 Å². The molecule has 1 fully saturated rings. The summed E-state index contributed by atoms with van der Waals surface area (Å²) in [5, 5.41) is 2.31. The lowest BCUT2D eigenvalue weighted by molar-refractivity contribution is -0.136. The predicted octanol–water partition coefficient (Wildman–Crippen LogP) is 1.80. The van der Waals surface area contributed by atoms with E-state index in [9.17, 15) is 14.4 Å². The van der Waals surface area contributed by atoms with Crippen molar-refractivity contribution < 1.29 is 28.6 Å². The van der Waals surface area contributed by atoms with Crippen molar-refractivity contribution in [3.63, 3.8) is 0 Å². The summed E-state index contributed by atoms with van der Waals surface area (Å²) in [6.45, 7) is 1.44. The van der Waals surface area contributed by atoms with E-state index in [4.69, 9.17) is 14.2 Å². The lowest BCUT2D eigenvalue weighted by Crippen LogP contribution is -2.52. The monoisotopic (exact) mass is 422 g/mol. The number of carbonyl (C=O) groups is 3. The third kappa shape index (κ3) is 3.74. The first-order valence-electron chi connectivity index (χ1n) is 10.3. The van der Waals surface area contributed by atoms with Crippen molar-refractivity contribution >= 4 is 17.7 Å². The Balaban J connectivity index is 1.25. The largest absolute Gasteiger partial charge is 0.485 e. The van der Waals surface area contributed by atoms with Crippen molar-refractivity contribution in [2.45, 2.75) is 38.1 Å². The van der Waals surface area contributed by atoms with Crippen LogP contribution in [0.5, 0.6) is 11.5 Å². The van der Waals surface area contributed by atoms with Gasteiger partial charge in [-0.15, -0.1) is 0 Å². The van der Waals surface area contributed by atoms with E-state index in [2.05, 4.69) is 5.32 Å². The summed E-state index contributed by atoms with van der Waals surface area (Å²) in [5.41, 5.74) is 2.31. The molecular weight excluding hydrogens is 400 g/mol. The van der Waals surface area contributed by atoms with Gasteiger partial charge in [0.15, 0.2) is 17.6 Å². The predicted molar refractivity (Wildman–Crippen MR) is 108 cm³/mol.